The molecule has 2 aromatic carbocycles. The van der Waals surface area contributed by atoms with Gasteiger partial charge in [0.05, 0.1) is 23.5 Å². The van der Waals surface area contributed by atoms with Crippen molar-refractivity contribution in [1.82, 2.24) is 0 Å². The Morgan fingerprint density at radius 3 is 2.00 bits per heavy atom. The lowest BCUT2D eigenvalue weighted by atomic mass is 10.2. The van der Waals surface area contributed by atoms with Crippen molar-refractivity contribution < 1.29 is 13.9 Å². The van der Waals surface area contributed by atoms with E-state index in [2.05, 4.69) is 10.2 Å². The summed E-state index contributed by atoms with van der Waals surface area (Å²) in [7, 11) is 0. The van der Waals surface area contributed by atoms with Crippen LogP contribution in [0.3, 0.4) is 0 Å². The predicted octanol–water partition coefficient (Wildman–Crippen LogP) is 4.42. The number of halogens is 1. The van der Waals surface area contributed by atoms with Gasteiger partial charge in [0.25, 0.3) is 0 Å². The van der Waals surface area contributed by atoms with Gasteiger partial charge in [0.15, 0.2) is 0 Å². The molecule has 20 heavy (non-hydrogen) atoms. The van der Waals surface area contributed by atoms with Gasteiger partial charge >= 0.3 is 5.97 Å². The van der Waals surface area contributed by atoms with E-state index in [0.29, 0.717) is 23.5 Å². The molecule has 0 radical (unpaired) electrons. The van der Waals surface area contributed by atoms with E-state index in [-0.39, 0.29) is 11.8 Å². The summed E-state index contributed by atoms with van der Waals surface area (Å²) in [5, 5.41) is 7.97. The van der Waals surface area contributed by atoms with Gasteiger partial charge in [0.1, 0.15) is 5.82 Å². The summed E-state index contributed by atoms with van der Waals surface area (Å²) in [6, 6.07) is 12.3. The van der Waals surface area contributed by atoms with Crippen LogP contribution in [0.15, 0.2) is 58.8 Å². The molecule has 0 atom stereocenters. The van der Waals surface area contributed by atoms with Crippen molar-refractivity contribution in [1.29, 1.82) is 0 Å². The SMILES string of the molecule is CCOC(=O)c1ccc(N=Nc2ccc(F)cc2)cc1. The maximum atomic E-state index is 12.7. The maximum absolute atomic E-state index is 12.7. The fourth-order valence-electron chi connectivity index (χ4n) is 1.50. The molecule has 0 saturated carbocycles. The smallest absolute Gasteiger partial charge is 0.338 e. The average molecular weight is 272 g/mol. The van der Waals surface area contributed by atoms with Gasteiger partial charge in [-0.15, -0.1) is 0 Å². The number of nitrogens with zero attached hydrogens (tertiary/aromatic N) is 2. The van der Waals surface area contributed by atoms with E-state index in [9.17, 15) is 9.18 Å². The molecule has 0 heterocycles. The summed E-state index contributed by atoms with van der Waals surface area (Å²) >= 11 is 0. The van der Waals surface area contributed by atoms with Crippen molar-refractivity contribution in [2.45, 2.75) is 6.92 Å². The number of carbonyl (C=O) groups is 1. The van der Waals surface area contributed by atoms with Crippen LogP contribution in [-0.4, -0.2) is 12.6 Å². The number of benzene rings is 2. The fraction of sp³-hybridized carbons (Fsp3) is 0.133. The molecule has 0 N–H and O–H groups in total. The molecule has 0 aromatic heterocycles. The standard InChI is InChI=1S/C15H13FN2O2/c1-2-20-15(19)11-3-7-13(8-4-11)17-18-14-9-5-12(16)6-10-14/h3-10H,2H2,1H3. The van der Waals surface area contributed by atoms with Crippen LogP contribution in [0, 0.1) is 5.82 Å². The van der Waals surface area contributed by atoms with E-state index in [4.69, 9.17) is 4.74 Å². The third-order valence-corrected chi connectivity index (χ3v) is 2.49. The lowest BCUT2D eigenvalue weighted by Crippen LogP contribution is -2.03. The summed E-state index contributed by atoms with van der Waals surface area (Å²) in [6.45, 7) is 2.09. The number of carbonyl (C=O) groups excluding carboxylic acids is 1. The first-order chi connectivity index (χ1) is 9.69. The van der Waals surface area contributed by atoms with Crippen molar-refractivity contribution in [2.75, 3.05) is 6.61 Å². The third-order valence-electron chi connectivity index (χ3n) is 2.49. The lowest BCUT2D eigenvalue weighted by Gasteiger charge is -2.01. The first-order valence-corrected chi connectivity index (χ1v) is 6.13. The average Bonchev–Trinajstić information content (AvgIpc) is 2.47. The van der Waals surface area contributed by atoms with Gasteiger partial charge in [0.2, 0.25) is 0 Å². The Morgan fingerprint density at radius 2 is 1.50 bits per heavy atom. The zero-order chi connectivity index (χ0) is 14.4. The minimum absolute atomic E-state index is 0.317. The van der Waals surface area contributed by atoms with E-state index in [1.54, 1.807) is 31.2 Å². The second kappa shape index (κ2) is 6.56. The Balaban J connectivity index is 2.07. The van der Waals surface area contributed by atoms with Crippen LogP contribution >= 0.6 is 0 Å². The molecular weight excluding hydrogens is 259 g/mol. The molecule has 0 saturated heterocycles. The fourth-order valence-corrected chi connectivity index (χ4v) is 1.50. The van der Waals surface area contributed by atoms with Crippen molar-refractivity contribution in [3.8, 4) is 0 Å². The van der Waals surface area contributed by atoms with Gasteiger partial charge < -0.3 is 4.74 Å². The molecule has 0 aliphatic rings. The van der Waals surface area contributed by atoms with Crippen LogP contribution in [-0.2, 0) is 4.74 Å². The van der Waals surface area contributed by atoms with Crippen molar-refractivity contribution in [3.05, 3.63) is 59.9 Å². The molecule has 0 spiro atoms. The summed E-state index contributed by atoms with van der Waals surface area (Å²) in [5.74, 6) is -0.683. The second-order valence-electron chi connectivity index (χ2n) is 3.94. The summed E-state index contributed by atoms with van der Waals surface area (Å²) < 4.78 is 17.6. The zero-order valence-electron chi connectivity index (χ0n) is 10.9. The minimum Gasteiger partial charge on any atom is -0.462 e. The molecule has 0 aliphatic heterocycles. The first kappa shape index (κ1) is 13.9. The number of rotatable bonds is 4. The molecule has 0 amide bonds. The third kappa shape index (κ3) is 3.71. The van der Waals surface area contributed by atoms with E-state index in [1.165, 1.54) is 24.3 Å². The van der Waals surface area contributed by atoms with Crippen molar-refractivity contribution >= 4 is 17.3 Å². The Morgan fingerprint density at radius 1 is 1.00 bits per heavy atom. The highest BCUT2D eigenvalue weighted by atomic mass is 19.1. The molecule has 0 unspecified atom stereocenters. The molecule has 5 heteroatoms. The van der Waals surface area contributed by atoms with E-state index in [1.807, 2.05) is 0 Å². The van der Waals surface area contributed by atoms with Gasteiger partial charge in [-0.2, -0.15) is 10.2 Å². The van der Waals surface area contributed by atoms with Crippen LogP contribution in [0.2, 0.25) is 0 Å². The first-order valence-electron chi connectivity index (χ1n) is 6.13. The number of hydrogen-bond donors (Lipinski definition) is 0. The molecule has 2 rings (SSSR count). The van der Waals surface area contributed by atoms with E-state index < -0.39 is 0 Å². The summed E-state index contributed by atoms with van der Waals surface area (Å²) in [5.41, 5.74) is 1.62. The lowest BCUT2D eigenvalue weighted by molar-refractivity contribution is 0.0526. The van der Waals surface area contributed by atoms with Gasteiger partial charge in [-0.1, -0.05) is 0 Å². The number of esters is 1. The Labute approximate surface area is 115 Å². The molecule has 0 bridgehead atoms. The molecule has 0 aliphatic carbocycles. The number of hydrogen-bond acceptors (Lipinski definition) is 4. The van der Waals surface area contributed by atoms with Crippen LogP contribution in [0.5, 0.6) is 0 Å². The highest BCUT2D eigenvalue weighted by Gasteiger charge is 2.05. The molecule has 4 nitrogen and oxygen atoms in total. The van der Waals surface area contributed by atoms with Gasteiger partial charge in [-0.25, -0.2) is 9.18 Å². The Hall–Kier alpha value is -2.56. The van der Waals surface area contributed by atoms with Crippen LogP contribution in [0.1, 0.15) is 17.3 Å². The molecule has 0 fully saturated rings. The minimum atomic E-state index is -0.366. The molecule has 2 aromatic rings. The maximum Gasteiger partial charge on any atom is 0.338 e. The normalized spacial score (nSPS) is 10.7. The zero-order valence-corrected chi connectivity index (χ0v) is 10.9. The molecular formula is C15H13FN2O2. The Bertz CT molecular complexity index is 607. The second-order valence-corrected chi connectivity index (χ2v) is 3.94. The quantitative estimate of drug-likeness (QED) is 0.611. The summed E-state index contributed by atoms with van der Waals surface area (Å²) in [4.78, 5) is 11.5. The van der Waals surface area contributed by atoms with Crippen molar-refractivity contribution in [2.24, 2.45) is 10.2 Å². The van der Waals surface area contributed by atoms with Gasteiger partial charge in [-0.3, -0.25) is 0 Å². The Kier molecular flexibility index (Phi) is 4.55. The highest BCUT2D eigenvalue weighted by Crippen LogP contribution is 2.19. The number of ether oxygens (including phenoxy) is 1. The van der Waals surface area contributed by atoms with Gasteiger partial charge in [0, 0.05) is 0 Å². The van der Waals surface area contributed by atoms with E-state index in [0.717, 1.165) is 0 Å². The van der Waals surface area contributed by atoms with Crippen LogP contribution < -0.4 is 0 Å². The topological polar surface area (TPSA) is 51.0 Å². The van der Waals surface area contributed by atoms with Crippen LogP contribution in [0.25, 0.3) is 0 Å². The van der Waals surface area contributed by atoms with Crippen molar-refractivity contribution in [3.63, 3.8) is 0 Å². The number of azo groups is 1. The predicted molar refractivity (Wildman–Crippen MR) is 73.0 cm³/mol. The van der Waals surface area contributed by atoms with E-state index >= 15 is 0 Å². The summed E-state index contributed by atoms with van der Waals surface area (Å²) in [6.07, 6.45) is 0. The molecule has 102 valence electrons. The highest BCUT2D eigenvalue weighted by molar-refractivity contribution is 5.89. The van der Waals surface area contributed by atoms with Crippen LogP contribution in [0.4, 0.5) is 15.8 Å². The largest absolute Gasteiger partial charge is 0.462 e. The van der Waals surface area contributed by atoms with Gasteiger partial charge in [-0.05, 0) is 55.5 Å². The monoisotopic (exact) mass is 272 g/mol.